The first-order valence-corrected chi connectivity index (χ1v) is 25.7. The number of aliphatic hydroxyl groups excluding tert-OH is 4. The van der Waals surface area contributed by atoms with Gasteiger partial charge in [-0.05, 0) is 51.4 Å². The minimum Gasteiger partial charge on any atom is -0.394 e. The van der Waals surface area contributed by atoms with Crippen molar-refractivity contribution >= 4 is 5.91 Å². The van der Waals surface area contributed by atoms with Gasteiger partial charge in [-0.3, -0.25) is 4.79 Å². The molecule has 0 heterocycles. The van der Waals surface area contributed by atoms with Crippen molar-refractivity contribution < 1.29 is 25.2 Å². The van der Waals surface area contributed by atoms with Gasteiger partial charge in [-0.15, -0.1) is 0 Å². The Morgan fingerprint density at radius 3 is 1.09 bits per heavy atom. The zero-order chi connectivity index (χ0) is 42.4. The fraction of sp³-hybridized carbons (Fsp3) is 0.904. The first kappa shape index (κ1) is 56.8. The van der Waals surface area contributed by atoms with Crippen LogP contribution in [-0.4, -0.2) is 57.3 Å². The molecule has 0 aromatic heterocycles. The summed E-state index contributed by atoms with van der Waals surface area (Å²) in [4.78, 5) is 12.6. The van der Waals surface area contributed by atoms with Crippen LogP contribution < -0.4 is 5.32 Å². The molecule has 0 spiro atoms. The molecule has 6 heteroatoms. The summed E-state index contributed by atoms with van der Waals surface area (Å²) in [6.45, 7) is 4.06. The predicted molar refractivity (Wildman–Crippen MR) is 251 cm³/mol. The Morgan fingerprint density at radius 1 is 0.414 bits per heavy atom. The van der Waals surface area contributed by atoms with Crippen molar-refractivity contribution in [3.05, 3.63) is 24.3 Å². The number of nitrogens with one attached hydrogen (secondary N) is 1. The zero-order valence-corrected chi connectivity index (χ0v) is 38.8. The lowest BCUT2D eigenvalue weighted by atomic mass is 10.00. The molecule has 4 atom stereocenters. The van der Waals surface area contributed by atoms with E-state index in [4.69, 9.17) is 0 Å². The molecular formula is C52H101NO5. The molecule has 0 aliphatic carbocycles. The lowest BCUT2D eigenvalue weighted by Gasteiger charge is -2.27. The maximum Gasteiger partial charge on any atom is 0.249 e. The summed E-state index contributed by atoms with van der Waals surface area (Å²) >= 11 is 0. The van der Waals surface area contributed by atoms with E-state index in [1.165, 1.54) is 199 Å². The van der Waals surface area contributed by atoms with Crippen molar-refractivity contribution in [2.45, 2.75) is 295 Å². The molecule has 5 N–H and O–H groups in total. The predicted octanol–water partition coefficient (Wildman–Crippen LogP) is 14.3. The third kappa shape index (κ3) is 40.2. The van der Waals surface area contributed by atoms with Crippen molar-refractivity contribution in [3.8, 4) is 0 Å². The van der Waals surface area contributed by atoms with Crippen LogP contribution in [0.15, 0.2) is 24.3 Å². The number of allylic oxidation sites excluding steroid dienone is 4. The second kappa shape index (κ2) is 46.8. The van der Waals surface area contributed by atoms with Crippen LogP contribution in [0.4, 0.5) is 0 Å². The van der Waals surface area contributed by atoms with Gasteiger partial charge in [0.2, 0.25) is 5.91 Å². The summed E-state index contributed by atoms with van der Waals surface area (Å²) in [5, 5.41) is 43.8. The number of carbonyl (C=O) groups is 1. The van der Waals surface area contributed by atoms with E-state index in [0.29, 0.717) is 19.3 Å². The maximum absolute atomic E-state index is 12.6. The minimum absolute atomic E-state index is 0.364. The van der Waals surface area contributed by atoms with Gasteiger partial charge in [-0.2, -0.15) is 0 Å². The molecule has 0 aliphatic heterocycles. The summed E-state index contributed by atoms with van der Waals surface area (Å²) < 4.78 is 0. The zero-order valence-electron chi connectivity index (χ0n) is 38.8. The first-order chi connectivity index (χ1) is 28.5. The highest BCUT2D eigenvalue weighted by atomic mass is 16.3. The molecule has 1 amide bonds. The molecule has 344 valence electrons. The first-order valence-electron chi connectivity index (χ1n) is 25.7. The number of aliphatic hydroxyl groups is 4. The van der Waals surface area contributed by atoms with Gasteiger partial charge in [-0.25, -0.2) is 0 Å². The molecule has 6 nitrogen and oxygen atoms in total. The Hall–Kier alpha value is -1.21. The quantitative estimate of drug-likeness (QED) is 0.0310. The molecule has 0 bridgehead atoms. The lowest BCUT2D eigenvalue weighted by Crippen LogP contribution is -2.53. The highest BCUT2D eigenvalue weighted by Gasteiger charge is 2.28. The number of amides is 1. The van der Waals surface area contributed by atoms with Gasteiger partial charge in [0.15, 0.2) is 0 Å². The van der Waals surface area contributed by atoms with E-state index in [1.54, 1.807) is 0 Å². The Balaban J connectivity index is 3.72. The van der Waals surface area contributed by atoms with Crippen molar-refractivity contribution in [1.82, 2.24) is 5.32 Å². The van der Waals surface area contributed by atoms with E-state index in [-0.39, 0.29) is 0 Å². The van der Waals surface area contributed by atoms with Gasteiger partial charge in [0.05, 0.1) is 18.8 Å². The molecule has 0 radical (unpaired) electrons. The van der Waals surface area contributed by atoms with Crippen LogP contribution >= 0.6 is 0 Å². The van der Waals surface area contributed by atoms with E-state index in [2.05, 4.69) is 43.5 Å². The van der Waals surface area contributed by atoms with Crippen molar-refractivity contribution in [3.63, 3.8) is 0 Å². The third-order valence-corrected chi connectivity index (χ3v) is 12.1. The van der Waals surface area contributed by atoms with Crippen LogP contribution in [0, 0.1) is 0 Å². The van der Waals surface area contributed by atoms with E-state index in [9.17, 15) is 25.2 Å². The smallest absolute Gasteiger partial charge is 0.249 e. The monoisotopic (exact) mass is 820 g/mol. The Bertz CT molecular complexity index is 878. The largest absolute Gasteiger partial charge is 0.394 e. The van der Waals surface area contributed by atoms with E-state index in [1.807, 2.05) is 0 Å². The number of unbranched alkanes of at least 4 members (excludes halogenated alkanes) is 34. The molecule has 0 aliphatic rings. The summed E-state index contributed by atoms with van der Waals surface area (Å²) in [7, 11) is 0. The van der Waals surface area contributed by atoms with Gasteiger partial charge >= 0.3 is 0 Å². The maximum atomic E-state index is 12.6. The fourth-order valence-electron chi connectivity index (χ4n) is 8.07. The average Bonchev–Trinajstić information content (AvgIpc) is 3.23. The van der Waals surface area contributed by atoms with Crippen LogP contribution in [-0.2, 0) is 4.79 Å². The molecule has 58 heavy (non-hydrogen) atoms. The SMILES string of the molecule is CCCCCCCCCCCCCCCC/C=C/CC/C=C/CCCC(O)C(O)C(CO)NC(=O)C(O)CCCCCCCCCCCCCCCCCCCCC. The number of hydrogen-bond donors (Lipinski definition) is 5. The topological polar surface area (TPSA) is 110 Å². The summed E-state index contributed by atoms with van der Waals surface area (Å²) in [6.07, 6.45) is 55.1. The second-order valence-electron chi connectivity index (χ2n) is 17.9. The third-order valence-electron chi connectivity index (χ3n) is 12.1. The minimum atomic E-state index is -1.29. The van der Waals surface area contributed by atoms with E-state index < -0.39 is 36.9 Å². The van der Waals surface area contributed by atoms with Gasteiger partial charge in [0, 0.05) is 0 Å². The lowest BCUT2D eigenvalue weighted by molar-refractivity contribution is -0.132. The van der Waals surface area contributed by atoms with Gasteiger partial charge in [0.1, 0.15) is 12.2 Å². The Morgan fingerprint density at radius 2 is 0.724 bits per heavy atom. The van der Waals surface area contributed by atoms with Gasteiger partial charge in [-0.1, -0.05) is 244 Å². The van der Waals surface area contributed by atoms with Crippen LogP contribution in [0.2, 0.25) is 0 Å². The molecular weight excluding hydrogens is 719 g/mol. The second-order valence-corrected chi connectivity index (χ2v) is 17.9. The highest BCUT2D eigenvalue weighted by Crippen LogP contribution is 2.17. The summed E-state index contributed by atoms with van der Waals surface area (Å²) in [6, 6.07) is -1.01. The van der Waals surface area contributed by atoms with Crippen LogP contribution in [0.5, 0.6) is 0 Å². The molecule has 0 aromatic rings. The van der Waals surface area contributed by atoms with E-state index >= 15 is 0 Å². The number of rotatable bonds is 47. The molecule has 0 saturated carbocycles. The number of carbonyl (C=O) groups excluding carboxylic acids is 1. The summed E-state index contributed by atoms with van der Waals surface area (Å²) in [5.74, 6) is -0.593. The standard InChI is InChI=1S/C52H101NO5/c1-3-5-7-9-11-13-15-17-19-21-23-24-25-26-28-29-31-33-35-37-39-41-43-45-49(55)51(57)48(47-54)53-52(58)50(56)46-44-42-40-38-36-34-32-30-27-22-20-18-16-14-12-10-8-6-4-2/h29,31,37,39,48-51,54-57H,3-28,30,32-36,38,40-47H2,1-2H3,(H,53,58)/b31-29+,39-37+. The fourth-order valence-corrected chi connectivity index (χ4v) is 8.07. The molecule has 0 rings (SSSR count). The molecule has 4 unspecified atom stereocenters. The van der Waals surface area contributed by atoms with E-state index in [0.717, 1.165) is 38.5 Å². The Labute approximate surface area is 361 Å². The molecule has 0 fully saturated rings. The Kier molecular flexibility index (Phi) is 45.9. The normalized spacial score (nSPS) is 14.1. The molecule has 0 aromatic carbocycles. The van der Waals surface area contributed by atoms with Gasteiger partial charge in [0.25, 0.3) is 0 Å². The highest BCUT2D eigenvalue weighted by molar-refractivity contribution is 5.80. The van der Waals surface area contributed by atoms with Crippen LogP contribution in [0.3, 0.4) is 0 Å². The van der Waals surface area contributed by atoms with Gasteiger partial charge < -0.3 is 25.7 Å². The van der Waals surface area contributed by atoms with Crippen LogP contribution in [0.25, 0.3) is 0 Å². The summed E-state index contributed by atoms with van der Waals surface area (Å²) in [5.41, 5.74) is 0. The van der Waals surface area contributed by atoms with Crippen molar-refractivity contribution in [1.29, 1.82) is 0 Å². The van der Waals surface area contributed by atoms with Crippen molar-refractivity contribution in [2.24, 2.45) is 0 Å². The molecule has 0 saturated heterocycles. The van der Waals surface area contributed by atoms with Crippen LogP contribution in [0.1, 0.15) is 271 Å². The van der Waals surface area contributed by atoms with Crippen molar-refractivity contribution in [2.75, 3.05) is 6.61 Å². The average molecular weight is 820 g/mol. The number of hydrogen-bond acceptors (Lipinski definition) is 5.